The van der Waals surface area contributed by atoms with Crippen LogP contribution in [0.25, 0.3) is 0 Å². The van der Waals surface area contributed by atoms with Crippen molar-refractivity contribution in [1.29, 1.82) is 0 Å². The van der Waals surface area contributed by atoms with Gasteiger partial charge in [-0.2, -0.15) is 0 Å². The van der Waals surface area contributed by atoms with Crippen LogP contribution in [0.5, 0.6) is 0 Å². The molecule has 1 aromatic carbocycles. The Labute approximate surface area is 119 Å². The van der Waals surface area contributed by atoms with E-state index in [9.17, 15) is 9.18 Å². The van der Waals surface area contributed by atoms with E-state index in [1.165, 1.54) is 29.5 Å². The van der Waals surface area contributed by atoms with E-state index in [4.69, 9.17) is 11.6 Å². The van der Waals surface area contributed by atoms with Crippen molar-refractivity contribution in [1.82, 2.24) is 4.98 Å². The molecule has 1 N–H and O–H groups in total. The van der Waals surface area contributed by atoms with Crippen LogP contribution in [-0.2, 0) is 0 Å². The minimum Gasteiger partial charge on any atom is -0.298 e. The number of nitrogens with zero attached hydrogens (tertiary/aromatic N) is 1. The minimum absolute atomic E-state index is 0.0891. The molecule has 1 aromatic heterocycles. The van der Waals surface area contributed by atoms with Gasteiger partial charge in [0.2, 0.25) is 0 Å². The minimum atomic E-state index is -0.609. The standard InChI is InChI=1S/C13H12ClFN2OS/c1-7(2)11-6-19-13(16-11)17-12(18)9-5-8(14)3-4-10(9)15/h3-7H,1-2H3,(H,16,17,18). The number of rotatable bonds is 3. The van der Waals surface area contributed by atoms with Gasteiger partial charge in [0.1, 0.15) is 5.82 Å². The van der Waals surface area contributed by atoms with Crippen molar-refractivity contribution in [3.63, 3.8) is 0 Å². The van der Waals surface area contributed by atoms with Crippen molar-refractivity contribution in [2.75, 3.05) is 5.32 Å². The van der Waals surface area contributed by atoms with Crippen LogP contribution in [-0.4, -0.2) is 10.9 Å². The summed E-state index contributed by atoms with van der Waals surface area (Å²) in [4.78, 5) is 16.2. The Bertz CT molecular complexity index is 612. The molecule has 2 aromatic rings. The largest absolute Gasteiger partial charge is 0.298 e. The summed E-state index contributed by atoms with van der Waals surface area (Å²) in [6.07, 6.45) is 0. The number of halogens is 2. The summed E-state index contributed by atoms with van der Waals surface area (Å²) < 4.78 is 13.5. The van der Waals surface area contributed by atoms with Gasteiger partial charge in [0, 0.05) is 10.4 Å². The summed E-state index contributed by atoms with van der Waals surface area (Å²) in [5.41, 5.74) is 0.806. The highest BCUT2D eigenvalue weighted by molar-refractivity contribution is 7.14. The molecule has 3 nitrogen and oxygen atoms in total. The second-order valence-electron chi connectivity index (χ2n) is 4.31. The third-order valence-corrected chi connectivity index (χ3v) is 3.52. The fourth-order valence-corrected chi connectivity index (χ4v) is 2.48. The van der Waals surface area contributed by atoms with Gasteiger partial charge in [0.05, 0.1) is 11.3 Å². The topological polar surface area (TPSA) is 42.0 Å². The Kier molecular flexibility index (Phi) is 4.17. The third kappa shape index (κ3) is 3.30. The molecule has 6 heteroatoms. The smallest absolute Gasteiger partial charge is 0.260 e. The maximum absolute atomic E-state index is 13.5. The Morgan fingerprint density at radius 2 is 2.21 bits per heavy atom. The zero-order valence-electron chi connectivity index (χ0n) is 10.4. The highest BCUT2D eigenvalue weighted by Crippen LogP contribution is 2.23. The molecular formula is C13H12ClFN2OS. The Hall–Kier alpha value is -1.46. The van der Waals surface area contributed by atoms with Gasteiger partial charge in [-0.3, -0.25) is 10.1 Å². The van der Waals surface area contributed by atoms with E-state index < -0.39 is 11.7 Å². The molecule has 0 bridgehead atoms. The van der Waals surface area contributed by atoms with Crippen LogP contribution in [0.4, 0.5) is 9.52 Å². The molecule has 0 atom stereocenters. The number of amides is 1. The first-order valence-electron chi connectivity index (χ1n) is 5.69. The van der Waals surface area contributed by atoms with E-state index in [-0.39, 0.29) is 11.5 Å². The molecule has 1 amide bonds. The molecule has 0 spiro atoms. The van der Waals surface area contributed by atoms with Crippen LogP contribution in [0.1, 0.15) is 35.8 Å². The number of carbonyl (C=O) groups is 1. The number of benzene rings is 1. The number of nitrogens with one attached hydrogen (secondary N) is 1. The van der Waals surface area contributed by atoms with Crippen LogP contribution in [0.3, 0.4) is 0 Å². The first-order chi connectivity index (χ1) is 8.97. The summed E-state index contributed by atoms with van der Waals surface area (Å²) in [6.45, 7) is 4.02. The SMILES string of the molecule is CC(C)c1csc(NC(=O)c2cc(Cl)ccc2F)n1. The highest BCUT2D eigenvalue weighted by Gasteiger charge is 2.14. The molecule has 2 rings (SSSR count). The summed E-state index contributed by atoms with van der Waals surface area (Å²) >= 11 is 7.06. The summed E-state index contributed by atoms with van der Waals surface area (Å²) in [5, 5.41) is 5.21. The Balaban J connectivity index is 2.18. The van der Waals surface area contributed by atoms with Crippen LogP contribution in [0.2, 0.25) is 5.02 Å². The number of anilines is 1. The summed E-state index contributed by atoms with van der Waals surface area (Å²) in [5.74, 6) is -0.878. The van der Waals surface area contributed by atoms with Crippen LogP contribution >= 0.6 is 22.9 Å². The lowest BCUT2D eigenvalue weighted by Crippen LogP contribution is -2.13. The molecule has 0 aliphatic carbocycles. The molecule has 0 unspecified atom stereocenters. The Morgan fingerprint density at radius 3 is 2.84 bits per heavy atom. The van der Waals surface area contributed by atoms with Gasteiger partial charge in [-0.1, -0.05) is 25.4 Å². The van der Waals surface area contributed by atoms with Gasteiger partial charge < -0.3 is 0 Å². The molecule has 100 valence electrons. The van der Waals surface area contributed by atoms with Gasteiger partial charge in [-0.25, -0.2) is 9.37 Å². The molecular weight excluding hydrogens is 287 g/mol. The lowest BCUT2D eigenvalue weighted by atomic mass is 10.2. The Morgan fingerprint density at radius 1 is 1.47 bits per heavy atom. The number of hydrogen-bond donors (Lipinski definition) is 1. The monoisotopic (exact) mass is 298 g/mol. The van der Waals surface area contributed by atoms with Crippen molar-refractivity contribution in [2.45, 2.75) is 19.8 Å². The molecule has 0 saturated carbocycles. The van der Waals surface area contributed by atoms with E-state index in [2.05, 4.69) is 10.3 Å². The highest BCUT2D eigenvalue weighted by atomic mass is 35.5. The van der Waals surface area contributed by atoms with Crippen molar-refractivity contribution in [3.05, 3.63) is 45.7 Å². The molecule has 0 saturated heterocycles. The average molecular weight is 299 g/mol. The van der Waals surface area contributed by atoms with Crippen LogP contribution in [0, 0.1) is 5.82 Å². The molecule has 0 radical (unpaired) electrons. The number of thiazole rings is 1. The zero-order chi connectivity index (χ0) is 14.0. The fraction of sp³-hybridized carbons (Fsp3) is 0.231. The lowest BCUT2D eigenvalue weighted by molar-refractivity contribution is 0.102. The molecule has 0 aliphatic heterocycles. The van der Waals surface area contributed by atoms with Gasteiger partial charge >= 0.3 is 0 Å². The van der Waals surface area contributed by atoms with E-state index in [1.807, 2.05) is 19.2 Å². The first kappa shape index (κ1) is 14.0. The van der Waals surface area contributed by atoms with Gasteiger partial charge in [0.25, 0.3) is 5.91 Å². The van der Waals surface area contributed by atoms with E-state index in [0.29, 0.717) is 10.2 Å². The second-order valence-corrected chi connectivity index (χ2v) is 5.61. The predicted octanol–water partition coefficient (Wildman–Crippen LogP) is 4.31. The fourth-order valence-electron chi connectivity index (χ4n) is 1.44. The third-order valence-electron chi connectivity index (χ3n) is 2.51. The average Bonchev–Trinajstić information content (AvgIpc) is 2.80. The zero-order valence-corrected chi connectivity index (χ0v) is 12.0. The van der Waals surface area contributed by atoms with Crippen molar-refractivity contribution >= 4 is 34.0 Å². The second kappa shape index (κ2) is 5.67. The maximum atomic E-state index is 13.5. The van der Waals surface area contributed by atoms with E-state index in [0.717, 1.165) is 5.69 Å². The number of carbonyl (C=O) groups excluding carboxylic acids is 1. The lowest BCUT2D eigenvalue weighted by Gasteiger charge is -2.04. The normalized spacial score (nSPS) is 10.8. The van der Waals surface area contributed by atoms with Crippen molar-refractivity contribution < 1.29 is 9.18 Å². The van der Waals surface area contributed by atoms with E-state index >= 15 is 0 Å². The predicted molar refractivity (Wildman–Crippen MR) is 75.6 cm³/mol. The summed E-state index contributed by atoms with van der Waals surface area (Å²) in [7, 11) is 0. The quantitative estimate of drug-likeness (QED) is 0.917. The van der Waals surface area contributed by atoms with Crippen molar-refractivity contribution in [3.8, 4) is 0 Å². The molecule has 1 heterocycles. The van der Waals surface area contributed by atoms with E-state index in [1.54, 1.807) is 0 Å². The molecule has 0 aliphatic rings. The van der Waals surface area contributed by atoms with Crippen LogP contribution < -0.4 is 5.32 Å². The summed E-state index contributed by atoms with van der Waals surface area (Å²) in [6, 6.07) is 3.86. The molecule has 19 heavy (non-hydrogen) atoms. The molecule has 0 fully saturated rings. The van der Waals surface area contributed by atoms with Gasteiger partial charge in [-0.15, -0.1) is 11.3 Å². The van der Waals surface area contributed by atoms with Crippen molar-refractivity contribution in [2.24, 2.45) is 0 Å². The van der Waals surface area contributed by atoms with Gasteiger partial charge in [-0.05, 0) is 24.1 Å². The maximum Gasteiger partial charge on any atom is 0.260 e. The van der Waals surface area contributed by atoms with Gasteiger partial charge in [0.15, 0.2) is 5.13 Å². The van der Waals surface area contributed by atoms with Crippen LogP contribution in [0.15, 0.2) is 23.6 Å². The number of hydrogen-bond acceptors (Lipinski definition) is 3. The number of aromatic nitrogens is 1. The first-order valence-corrected chi connectivity index (χ1v) is 6.95.